The fraction of sp³-hybridized carbons (Fsp3) is 0.300. The molecule has 0 spiro atoms. The fourth-order valence-electron chi connectivity index (χ4n) is 2.59. The van der Waals surface area contributed by atoms with Crippen molar-refractivity contribution in [2.24, 2.45) is 0 Å². The maximum absolute atomic E-state index is 12.3. The number of hydrogen-bond donors (Lipinski definition) is 2. The lowest BCUT2D eigenvalue weighted by atomic mass is 9.95. The van der Waals surface area contributed by atoms with Gasteiger partial charge in [0, 0.05) is 5.54 Å². The van der Waals surface area contributed by atoms with Crippen LogP contribution >= 0.6 is 0 Å². The summed E-state index contributed by atoms with van der Waals surface area (Å²) >= 11 is 0. The average Bonchev–Trinajstić information content (AvgIpc) is 2.53. The minimum Gasteiger partial charge on any atom is -0.478 e. The second kappa shape index (κ2) is 7.77. The van der Waals surface area contributed by atoms with E-state index >= 15 is 0 Å². The van der Waals surface area contributed by atoms with Gasteiger partial charge in [0.05, 0.1) is 12.0 Å². The van der Waals surface area contributed by atoms with Crippen LogP contribution in [0.4, 0.5) is 0 Å². The minimum atomic E-state index is -0.986. The SMILES string of the molecule is CC(C)(CCc1ccccc1)NC(=O)Cc1cccc(C(=O)O)c1. The van der Waals surface area contributed by atoms with Crippen molar-refractivity contribution in [2.75, 3.05) is 0 Å². The van der Waals surface area contributed by atoms with Crippen molar-refractivity contribution in [3.8, 4) is 0 Å². The summed E-state index contributed by atoms with van der Waals surface area (Å²) in [4.78, 5) is 23.2. The van der Waals surface area contributed by atoms with Crippen LogP contribution in [0.1, 0.15) is 41.8 Å². The Balaban J connectivity index is 1.90. The van der Waals surface area contributed by atoms with Gasteiger partial charge in [0.1, 0.15) is 0 Å². The molecule has 0 aliphatic rings. The Labute approximate surface area is 142 Å². The number of hydrogen-bond acceptors (Lipinski definition) is 2. The number of carboxylic acid groups (broad SMARTS) is 1. The normalized spacial score (nSPS) is 11.1. The van der Waals surface area contributed by atoms with Gasteiger partial charge in [-0.3, -0.25) is 4.79 Å². The summed E-state index contributed by atoms with van der Waals surface area (Å²) in [6.07, 6.45) is 1.90. The van der Waals surface area contributed by atoms with Crippen molar-refractivity contribution >= 4 is 11.9 Å². The molecule has 0 saturated heterocycles. The number of carbonyl (C=O) groups is 2. The van der Waals surface area contributed by atoms with Gasteiger partial charge in [0.15, 0.2) is 0 Å². The summed E-state index contributed by atoms with van der Waals surface area (Å²) in [5, 5.41) is 12.0. The number of aromatic carboxylic acids is 1. The number of aryl methyl sites for hydroxylation is 1. The van der Waals surface area contributed by atoms with E-state index in [4.69, 9.17) is 5.11 Å². The van der Waals surface area contributed by atoms with Crippen molar-refractivity contribution in [3.63, 3.8) is 0 Å². The summed E-state index contributed by atoms with van der Waals surface area (Å²) in [7, 11) is 0. The lowest BCUT2D eigenvalue weighted by molar-refractivity contribution is -0.122. The first-order valence-corrected chi connectivity index (χ1v) is 8.03. The van der Waals surface area contributed by atoms with Crippen molar-refractivity contribution in [3.05, 3.63) is 71.3 Å². The molecule has 0 atom stereocenters. The van der Waals surface area contributed by atoms with E-state index in [1.165, 1.54) is 11.6 Å². The van der Waals surface area contributed by atoms with Crippen LogP contribution in [0.2, 0.25) is 0 Å². The summed E-state index contributed by atoms with van der Waals surface area (Å²) in [5.41, 5.74) is 1.82. The number of benzene rings is 2. The quantitative estimate of drug-likeness (QED) is 0.819. The monoisotopic (exact) mass is 325 g/mol. The van der Waals surface area contributed by atoms with E-state index in [-0.39, 0.29) is 23.4 Å². The zero-order chi connectivity index (χ0) is 17.6. The zero-order valence-corrected chi connectivity index (χ0v) is 14.1. The number of carbonyl (C=O) groups excluding carboxylic acids is 1. The van der Waals surface area contributed by atoms with Crippen LogP contribution in [0.5, 0.6) is 0 Å². The second-order valence-electron chi connectivity index (χ2n) is 6.60. The highest BCUT2D eigenvalue weighted by molar-refractivity contribution is 5.88. The molecule has 0 aliphatic carbocycles. The first kappa shape index (κ1) is 17.7. The van der Waals surface area contributed by atoms with E-state index in [1.54, 1.807) is 18.2 Å². The molecule has 0 radical (unpaired) electrons. The second-order valence-corrected chi connectivity index (χ2v) is 6.60. The van der Waals surface area contributed by atoms with Crippen molar-refractivity contribution in [1.29, 1.82) is 0 Å². The Hall–Kier alpha value is -2.62. The van der Waals surface area contributed by atoms with Crippen LogP contribution in [0, 0.1) is 0 Å². The molecular weight excluding hydrogens is 302 g/mol. The third kappa shape index (κ3) is 5.54. The zero-order valence-electron chi connectivity index (χ0n) is 14.1. The summed E-state index contributed by atoms with van der Waals surface area (Å²) in [6, 6.07) is 16.7. The molecule has 0 fully saturated rings. The number of amides is 1. The molecule has 0 saturated carbocycles. The first-order valence-electron chi connectivity index (χ1n) is 8.03. The number of carboxylic acids is 1. The molecule has 4 heteroatoms. The molecule has 0 heterocycles. The third-order valence-corrected chi connectivity index (χ3v) is 3.90. The molecule has 2 rings (SSSR count). The molecule has 2 N–H and O–H groups in total. The standard InChI is InChI=1S/C20H23NO3/c1-20(2,12-11-15-7-4-3-5-8-15)21-18(22)14-16-9-6-10-17(13-16)19(23)24/h3-10,13H,11-12,14H2,1-2H3,(H,21,22)(H,23,24). The minimum absolute atomic E-state index is 0.101. The smallest absolute Gasteiger partial charge is 0.335 e. The van der Waals surface area contributed by atoms with E-state index in [0.717, 1.165) is 12.8 Å². The molecule has 0 unspecified atom stereocenters. The third-order valence-electron chi connectivity index (χ3n) is 3.90. The molecule has 0 aromatic heterocycles. The summed E-state index contributed by atoms with van der Waals surface area (Å²) in [5.74, 6) is -1.09. The average molecular weight is 325 g/mol. The molecule has 4 nitrogen and oxygen atoms in total. The lowest BCUT2D eigenvalue weighted by Crippen LogP contribution is -2.44. The van der Waals surface area contributed by atoms with Gasteiger partial charge >= 0.3 is 5.97 Å². The van der Waals surface area contributed by atoms with Crippen LogP contribution in [-0.4, -0.2) is 22.5 Å². The van der Waals surface area contributed by atoms with Gasteiger partial charge in [-0.2, -0.15) is 0 Å². The van der Waals surface area contributed by atoms with Crippen molar-refractivity contribution in [1.82, 2.24) is 5.32 Å². The van der Waals surface area contributed by atoms with Crippen molar-refractivity contribution < 1.29 is 14.7 Å². The topological polar surface area (TPSA) is 66.4 Å². The predicted molar refractivity (Wildman–Crippen MR) is 94.1 cm³/mol. The van der Waals surface area contributed by atoms with E-state index in [9.17, 15) is 9.59 Å². The van der Waals surface area contributed by atoms with Crippen LogP contribution in [0.3, 0.4) is 0 Å². The molecule has 2 aromatic carbocycles. The van der Waals surface area contributed by atoms with E-state index < -0.39 is 5.97 Å². The van der Waals surface area contributed by atoms with E-state index in [2.05, 4.69) is 17.4 Å². The van der Waals surface area contributed by atoms with Gasteiger partial charge in [0.25, 0.3) is 0 Å². The van der Waals surface area contributed by atoms with Gasteiger partial charge in [-0.1, -0.05) is 42.5 Å². The Kier molecular flexibility index (Phi) is 5.74. The summed E-state index contributed by atoms with van der Waals surface area (Å²) in [6.45, 7) is 4.00. The van der Waals surface area contributed by atoms with Gasteiger partial charge < -0.3 is 10.4 Å². The molecular formula is C20H23NO3. The van der Waals surface area contributed by atoms with Gasteiger partial charge in [0.2, 0.25) is 5.91 Å². The predicted octanol–water partition coefficient (Wildman–Crippen LogP) is 3.45. The summed E-state index contributed by atoms with van der Waals surface area (Å²) < 4.78 is 0. The van der Waals surface area contributed by atoms with Crippen LogP contribution in [0.25, 0.3) is 0 Å². The lowest BCUT2D eigenvalue weighted by Gasteiger charge is -2.26. The Morgan fingerprint density at radius 2 is 1.67 bits per heavy atom. The van der Waals surface area contributed by atoms with E-state index in [0.29, 0.717) is 5.56 Å². The molecule has 0 bridgehead atoms. The molecule has 2 aromatic rings. The highest BCUT2D eigenvalue weighted by Crippen LogP contribution is 2.14. The van der Waals surface area contributed by atoms with Gasteiger partial charge in [-0.05, 0) is 49.9 Å². The van der Waals surface area contributed by atoms with Crippen molar-refractivity contribution in [2.45, 2.75) is 38.6 Å². The fourth-order valence-corrected chi connectivity index (χ4v) is 2.59. The maximum Gasteiger partial charge on any atom is 0.335 e. The highest BCUT2D eigenvalue weighted by Gasteiger charge is 2.20. The van der Waals surface area contributed by atoms with Crippen LogP contribution in [-0.2, 0) is 17.6 Å². The van der Waals surface area contributed by atoms with Crippen LogP contribution in [0.15, 0.2) is 54.6 Å². The van der Waals surface area contributed by atoms with E-state index in [1.807, 2.05) is 32.0 Å². The molecule has 24 heavy (non-hydrogen) atoms. The molecule has 126 valence electrons. The molecule has 0 aliphatic heterocycles. The molecule has 1 amide bonds. The Morgan fingerprint density at radius 1 is 1.00 bits per heavy atom. The number of rotatable bonds is 7. The highest BCUT2D eigenvalue weighted by atomic mass is 16.4. The van der Waals surface area contributed by atoms with Gasteiger partial charge in [-0.15, -0.1) is 0 Å². The van der Waals surface area contributed by atoms with Crippen LogP contribution < -0.4 is 5.32 Å². The Morgan fingerprint density at radius 3 is 2.33 bits per heavy atom. The first-order chi connectivity index (χ1) is 11.4. The van der Waals surface area contributed by atoms with Gasteiger partial charge in [-0.25, -0.2) is 4.79 Å². The number of nitrogens with one attached hydrogen (secondary N) is 1. The maximum atomic E-state index is 12.3. The largest absolute Gasteiger partial charge is 0.478 e. The Bertz CT molecular complexity index is 708.